The lowest BCUT2D eigenvalue weighted by Gasteiger charge is -2.18. The van der Waals surface area contributed by atoms with Crippen LogP contribution < -0.4 is 11.3 Å². The first-order valence-corrected chi connectivity index (χ1v) is 6.16. The van der Waals surface area contributed by atoms with Gasteiger partial charge in [-0.3, -0.25) is 5.84 Å². The highest BCUT2D eigenvalue weighted by molar-refractivity contribution is 5.34. The average molecular weight is 262 g/mol. The number of hydrogen-bond acceptors (Lipinski definition) is 2. The molecule has 0 bridgehead atoms. The second kappa shape index (κ2) is 5.91. The van der Waals surface area contributed by atoms with Gasteiger partial charge >= 0.3 is 0 Å². The predicted octanol–water partition coefficient (Wildman–Crippen LogP) is 3.08. The second-order valence-electron chi connectivity index (χ2n) is 4.34. The highest BCUT2D eigenvalue weighted by atomic mass is 19.2. The Bertz CT molecular complexity index is 553. The van der Waals surface area contributed by atoms with Gasteiger partial charge in [0.25, 0.3) is 0 Å². The zero-order chi connectivity index (χ0) is 13.8. The standard InChI is InChI=1S/C15H16F2N2/c1-2-10-6-8-11(9-7-10)15(19-18)12-4-3-5-13(16)14(12)17/h3-9,15,19H,2,18H2,1H3. The van der Waals surface area contributed by atoms with Gasteiger partial charge in [0.2, 0.25) is 0 Å². The molecule has 0 aliphatic rings. The van der Waals surface area contributed by atoms with Gasteiger partial charge in [-0.2, -0.15) is 0 Å². The minimum atomic E-state index is -0.872. The molecule has 2 aromatic rings. The SMILES string of the molecule is CCc1ccc(C(NN)c2cccc(F)c2F)cc1. The molecule has 2 nitrogen and oxygen atoms in total. The number of nitrogens with two attached hydrogens (primary N) is 1. The zero-order valence-corrected chi connectivity index (χ0v) is 10.7. The maximum Gasteiger partial charge on any atom is 0.163 e. The van der Waals surface area contributed by atoms with Crippen LogP contribution in [0.1, 0.15) is 29.7 Å². The van der Waals surface area contributed by atoms with Crippen LogP contribution in [0.4, 0.5) is 8.78 Å². The van der Waals surface area contributed by atoms with E-state index in [1.54, 1.807) is 0 Å². The fourth-order valence-electron chi connectivity index (χ4n) is 2.05. The molecule has 0 heterocycles. The Labute approximate surface area is 111 Å². The molecule has 0 aliphatic carbocycles. The number of benzene rings is 2. The number of hydrazine groups is 1. The summed E-state index contributed by atoms with van der Waals surface area (Å²) in [6, 6.07) is 11.2. The Morgan fingerprint density at radius 3 is 2.37 bits per heavy atom. The first-order valence-electron chi connectivity index (χ1n) is 6.16. The molecule has 100 valence electrons. The summed E-state index contributed by atoms with van der Waals surface area (Å²) in [6.45, 7) is 2.06. The number of aryl methyl sites for hydroxylation is 1. The van der Waals surface area contributed by atoms with E-state index in [9.17, 15) is 8.78 Å². The number of nitrogens with one attached hydrogen (secondary N) is 1. The monoisotopic (exact) mass is 262 g/mol. The average Bonchev–Trinajstić information content (AvgIpc) is 2.45. The van der Waals surface area contributed by atoms with Crippen molar-refractivity contribution in [2.45, 2.75) is 19.4 Å². The summed E-state index contributed by atoms with van der Waals surface area (Å²) in [7, 11) is 0. The van der Waals surface area contributed by atoms with Crippen molar-refractivity contribution in [2.24, 2.45) is 5.84 Å². The molecule has 2 aromatic carbocycles. The smallest absolute Gasteiger partial charge is 0.163 e. The summed E-state index contributed by atoms with van der Waals surface area (Å²) in [4.78, 5) is 0. The Hall–Kier alpha value is -1.78. The number of hydrogen-bond donors (Lipinski definition) is 2. The molecular formula is C15H16F2N2. The van der Waals surface area contributed by atoms with Crippen molar-refractivity contribution in [3.8, 4) is 0 Å². The third kappa shape index (κ3) is 2.80. The van der Waals surface area contributed by atoms with Gasteiger partial charge in [-0.1, -0.05) is 43.3 Å². The molecule has 0 saturated heterocycles. The van der Waals surface area contributed by atoms with Gasteiger partial charge in [0, 0.05) is 5.56 Å². The molecule has 0 aliphatic heterocycles. The summed E-state index contributed by atoms with van der Waals surface area (Å²) in [5, 5.41) is 0. The van der Waals surface area contributed by atoms with Crippen LogP contribution in [0.25, 0.3) is 0 Å². The Balaban J connectivity index is 2.40. The van der Waals surface area contributed by atoms with Gasteiger partial charge in [0.05, 0.1) is 6.04 Å². The molecular weight excluding hydrogens is 246 g/mol. The van der Waals surface area contributed by atoms with Gasteiger partial charge in [0.1, 0.15) is 0 Å². The Kier molecular flexibility index (Phi) is 4.24. The molecule has 4 heteroatoms. The second-order valence-corrected chi connectivity index (χ2v) is 4.34. The quantitative estimate of drug-likeness (QED) is 0.656. The van der Waals surface area contributed by atoms with E-state index in [1.165, 1.54) is 17.7 Å². The van der Waals surface area contributed by atoms with Crippen molar-refractivity contribution in [3.63, 3.8) is 0 Å². The van der Waals surface area contributed by atoms with E-state index >= 15 is 0 Å². The van der Waals surface area contributed by atoms with Gasteiger partial charge < -0.3 is 0 Å². The van der Waals surface area contributed by atoms with Crippen LogP contribution in [-0.4, -0.2) is 0 Å². The summed E-state index contributed by atoms with van der Waals surface area (Å²) < 4.78 is 27.1. The van der Waals surface area contributed by atoms with Crippen molar-refractivity contribution in [2.75, 3.05) is 0 Å². The van der Waals surface area contributed by atoms with Crippen LogP contribution in [0, 0.1) is 11.6 Å². The van der Waals surface area contributed by atoms with E-state index in [2.05, 4.69) is 12.3 Å². The maximum absolute atomic E-state index is 13.8. The van der Waals surface area contributed by atoms with Crippen LogP contribution in [0.15, 0.2) is 42.5 Å². The first-order chi connectivity index (χ1) is 9.17. The minimum absolute atomic E-state index is 0.201. The van der Waals surface area contributed by atoms with Crippen molar-refractivity contribution in [3.05, 3.63) is 70.8 Å². The fraction of sp³-hybridized carbons (Fsp3) is 0.200. The summed E-state index contributed by atoms with van der Waals surface area (Å²) in [5.74, 6) is 3.74. The van der Waals surface area contributed by atoms with Crippen LogP contribution in [-0.2, 0) is 6.42 Å². The Morgan fingerprint density at radius 2 is 1.79 bits per heavy atom. The molecule has 0 spiro atoms. The molecule has 0 amide bonds. The molecule has 1 unspecified atom stereocenters. The fourth-order valence-corrected chi connectivity index (χ4v) is 2.05. The topological polar surface area (TPSA) is 38.0 Å². The first kappa shape index (κ1) is 13.6. The molecule has 1 atom stereocenters. The molecule has 0 fully saturated rings. The van der Waals surface area contributed by atoms with E-state index < -0.39 is 17.7 Å². The minimum Gasteiger partial charge on any atom is -0.271 e. The van der Waals surface area contributed by atoms with Crippen molar-refractivity contribution >= 4 is 0 Å². The summed E-state index contributed by atoms with van der Waals surface area (Å²) in [6.07, 6.45) is 0.926. The molecule has 0 saturated carbocycles. The third-order valence-electron chi connectivity index (χ3n) is 3.18. The number of rotatable bonds is 4. The van der Waals surface area contributed by atoms with Gasteiger partial charge in [-0.25, -0.2) is 14.2 Å². The normalized spacial score (nSPS) is 12.4. The van der Waals surface area contributed by atoms with E-state index in [1.807, 2.05) is 24.3 Å². The zero-order valence-electron chi connectivity index (χ0n) is 10.7. The molecule has 0 aromatic heterocycles. The van der Waals surface area contributed by atoms with Crippen LogP contribution in [0.5, 0.6) is 0 Å². The van der Waals surface area contributed by atoms with Crippen molar-refractivity contribution < 1.29 is 8.78 Å². The number of halogens is 2. The predicted molar refractivity (Wildman–Crippen MR) is 71.3 cm³/mol. The lowest BCUT2D eigenvalue weighted by Crippen LogP contribution is -2.29. The van der Waals surface area contributed by atoms with Crippen LogP contribution in [0.3, 0.4) is 0 Å². The van der Waals surface area contributed by atoms with Crippen LogP contribution in [0.2, 0.25) is 0 Å². The van der Waals surface area contributed by atoms with E-state index in [0.717, 1.165) is 18.1 Å². The maximum atomic E-state index is 13.8. The highest BCUT2D eigenvalue weighted by Crippen LogP contribution is 2.25. The molecule has 19 heavy (non-hydrogen) atoms. The van der Waals surface area contributed by atoms with Gasteiger partial charge in [-0.15, -0.1) is 0 Å². The summed E-state index contributed by atoms with van der Waals surface area (Å²) >= 11 is 0. The van der Waals surface area contributed by atoms with Crippen molar-refractivity contribution in [1.29, 1.82) is 0 Å². The molecule has 3 N–H and O–H groups in total. The van der Waals surface area contributed by atoms with Crippen LogP contribution >= 0.6 is 0 Å². The summed E-state index contributed by atoms with van der Waals surface area (Å²) in [5.41, 5.74) is 4.71. The third-order valence-corrected chi connectivity index (χ3v) is 3.18. The van der Waals surface area contributed by atoms with Crippen molar-refractivity contribution in [1.82, 2.24) is 5.43 Å². The van der Waals surface area contributed by atoms with E-state index in [4.69, 9.17) is 5.84 Å². The Morgan fingerprint density at radius 1 is 1.11 bits per heavy atom. The largest absolute Gasteiger partial charge is 0.271 e. The van der Waals surface area contributed by atoms with E-state index in [0.29, 0.717) is 0 Å². The highest BCUT2D eigenvalue weighted by Gasteiger charge is 2.18. The van der Waals surface area contributed by atoms with Gasteiger partial charge in [0.15, 0.2) is 11.6 Å². The molecule has 2 rings (SSSR count). The van der Waals surface area contributed by atoms with Gasteiger partial charge in [-0.05, 0) is 23.6 Å². The molecule has 0 radical (unpaired) electrons. The van der Waals surface area contributed by atoms with E-state index in [-0.39, 0.29) is 5.56 Å². The lowest BCUT2D eigenvalue weighted by atomic mass is 9.97. The lowest BCUT2D eigenvalue weighted by molar-refractivity contribution is 0.483.